The number of rotatable bonds is 5. The summed E-state index contributed by atoms with van der Waals surface area (Å²) in [6, 6.07) is 14.9. The standard InChI is InChI=1S/C30H32Cl2N4O3S/c1-19(37)35-14-10-20(11-15-35)29(38)36-16-12-26(22(18-36)21-6-7-23(31)24(32)17-21)34(2)30(39)28-9-8-27(40-28)25-5-3-4-13-33-25/h3-9,13,17,20,22,26H,10-12,14-16,18H2,1-2H3/t22-,26+/m0/s1. The number of nitrogens with zero attached hydrogens (tertiary/aromatic N) is 4. The first-order chi connectivity index (χ1) is 19.2. The van der Waals surface area contributed by atoms with Crippen molar-refractivity contribution in [2.24, 2.45) is 5.92 Å². The highest BCUT2D eigenvalue weighted by molar-refractivity contribution is 7.17. The molecule has 5 rings (SSSR count). The molecule has 3 amide bonds. The highest BCUT2D eigenvalue weighted by atomic mass is 35.5. The molecule has 0 saturated carbocycles. The average Bonchev–Trinajstić information content (AvgIpc) is 3.48. The minimum absolute atomic E-state index is 0.0528. The molecule has 0 aliphatic carbocycles. The summed E-state index contributed by atoms with van der Waals surface area (Å²) in [6.07, 6.45) is 3.73. The van der Waals surface area contributed by atoms with Crippen LogP contribution in [0.15, 0.2) is 54.7 Å². The average molecular weight is 600 g/mol. The van der Waals surface area contributed by atoms with E-state index in [2.05, 4.69) is 4.98 Å². The van der Waals surface area contributed by atoms with Gasteiger partial charge in [-0.3, -0.25) is 19.4 Å². The van der Waals surface area contributed by atoms with Crippen molar-refractivity contribution in [3.8, 4) is 10.6 Å². The van der Waals surface area contributed by atoms with Crippen LogP contribution >= 0.6 is 34.5 Å². The van der Waals surface area contributed by atoms with Crippen molar-refractivity contribution in [3.63, 3.8) is 0 Å². The van der Waals surface area contributed by atoms with Gasteiger partial charge in [0.05, 0.1) is 25.5 Å². The third kappa shape index (κ3) is 6.04. The van der Waals surface area contributed by atoms with E-state index in [1.165, 1.54) is 11.3 Å². The number of carbonyl (C=O) groups is 3. The van der Waals surface area contributed by atoms with Crippen molar-refractivity contribution in [1.29, 1.82) is 0 Å². The van der Waals surface area contributed by atoms with Crippen LogP contribution in [-0.2, 0) is 9.59 Å². The Labute approximate surface area is 248 Å². The third-order valence-corrected chi connectivity index (χ3v) is 9.94. The lowest BCUT2D eigenvalue weighted by Gasteiger charge is -2.44. The fourth-order valence-electron chi connectivity index (χ4n) is 5.80. The van der Waals surface area contributed by atoms with Gasteiger partial charge in [0.1, 0.15) is 0 Å². The van der Waals surface area contributed by atoms with Crippen LogP contribution in [0, 0.1) is 5.92 Å². The van der Waals surface area contributed by atoms with Gasteiger partial charge in [0.15, 0.2) is 0 Å². The molecule has 0 N–H and O–H groups in total. The van der Waals surface area contributed by atoms with Crippen molar-refractivity contribution in [1.82, 2.24) is 19.7 Å². The maximum atomic E-state index is 13.7. The molecular weight excluding hydrogens is 567 g/mol. The number of likely N-dealkylation sites (tertiary alicyclic amines) is 2. The number of likely N-dealkylation sites (N-methyl/N-ethyl adjacent to an activating group) is 1. The van der Waals surface area contributed by atoms with Gasteiger partial charge >= 0.3 is 0 Å². The summed E-state index contributed by atoms with van der Waals surface area (Å²) in [6.45, 7) is 3.83. The van der Waals surface area contributed by atoms with Crippen LogP contribution in [0.5, 0.6) is 0 Å². The fraction of sp³-hybridized carbons (Fsp3) is 0.400. The summed E-state index contributed by atoms with van der Waals surface area (Å²) < 4.78 is 0. The fourth-order valence-corrected chi connectivity index (χ4v) is 7.07. The highest BCUT2D eigenvalue weighted by Crippen LogP contribution is 2.36. The number of hydrogen-bond acceptors (Lipinski definition) is 5. The van der Waals surface area contributed by atoms with E-state index in [4.69, 9.17) is 23.2 Å². The van der Waals surface area contributed by atoms with Crippen molar-refractivity contribution >= 4 is 52.3 Å². The number of piperidine rings is 2. The van der Waals surface area contributed by atoms with Crippen molar-refractivity contribution in [2.75, 3.05) is 33.2 Å². The lowest BCUT2D eigenvalue weighted by molar-refractivity contribution is -0.141. The van der Waals surface area contributed by atoms with Gasteiger partial charge in [-0.1, -0.05) is 35.3 Å². The van der Waals surface area contributed by atoms with E-state index in [-0.39, 0.29) is 35.6 Å². The molecule has 1 aromatic carbocycles. The molecule has 7 nitrogen and oxygen atoms in total. The Morgan fingerprint density at radius 3 is 2.38 bits per heavy atom. The van der Waals surface area contributed by atoms with Crippen LogP contribution < -0.4 is 0 Å². The van der Waals surface area contributed by atoms with Gasteiger partial charge in [-0.05, 0) is 61.2 Å². The van der Waals surface area contributed by atoms with Crippen LogP contribution in [0.1, 0.15) is 47.3 Å². The predicted molar refractivity (Wildman–Crippen MR) is 159 cm³/mol. The first kappa shape index (κ1) is 28.6. The molecule has 0 spiro atoms. The lowest BCUT2D eigenvalue weighted by Crippen LogP contribution is -2.53. The monoisotopic (exact) mass is 598 g/mol. The first-order valence-corrected chi connectivity index (χ1v) is 15.1. The molecule has 210 valence electrons. The predicted octanol–water partition coefficient (Wildman–Crippen LogP) is 5.83. The van der Waals surface area contributed by atoms with Gasteiger partial charge in [0.2, 0.25) is 11.8 Å². The Bertz CT molecular complexity index is 1390. The van der Waals surface area contributed by atoms with E-state index < -0.39 is 0 Å². The van der Waals surface area contributed by atoms with Crippen molar-refractivity contribution in [2.45, 2.75) is 38.1 Å². The van der Waals surface area contributed by atoms with Crippen LogP contribution in [0.25, 0.3) is 10.6 Å². The number of thiophene rings is 1. The van der Waals surface area contributed by atoms with Crippen LogP contribution in [-0.4, -0.2) is 76.7 Å². The van der Waals surface area contributed by atoms with E-state index in [1.54, 1.807) is 24.1 Å². The molecule has 10 heteroatoms. The summed E-state index contributed by atoms with van der Waals surface area (Å²) in [5.74, 6) is -0.111. The molecule has 0 bridgehead atoms. The van der Waals surface area contributed by atoms with E-state index in [9.17, 15) is 14.4 Å². The number of hydrogen-bond donors (Lipinski definition) is 0. The Kier molecular flexibility index (Phi) is 8.78. The molecule has 2 aromatic heterocycles. The van der Waals surface area contributed by atoms with Gasteiger partial charge in [0, 0.05) is 64.2 Å². The SMILES string of the molecule is CC(=O)N1CCC(C(=O)N2CC[C@@H](N(C)C(=O)c3ccc(-c4ccccn4)s3)[C@H](c3ccc(Cl)c(Cl)c3)C2)CC1. The minimum Gasteiger partial charge on any atom is -0.343 e. The zero-order chi connectivity index (χ0) is 28.4. The number of amides is 3. The smallest absolute Gasteiger partial charge is 0.263 e. The quantitative estimate of drug-likeness (QED) is 0.370. The molecular formula is C30H32Cl2N4O3S. The van der Waals surface area contributed by atoms with Crippen LogP contribution in [0.2, 0.25) is 10.0 Å². The molecule has 2 saturated heterocycles. The number of carbonyl (C=O) groups excluding carboxylic acids is 3. The van der Waals surface area contributed by atoms with E-state index in [0.29, 0.717) is 60.4 Å². The minimum atomic E-state index is -0.131. The molecule has 3 aromatic rings. The number of pyridine rings is 1. The molecule has 2 atom stereocenters. The zero-order valence-corrected chi connectivity index (χ0v) is 24.9. The Morgan fingerprint density at radius 2 is 1.70 bits per heavy atom. The van der Waals surface area contributed by atoms with Gasteiger partial charge in [-0.15, -0.1) is 11.3 Å². The Morgan fingerprint density at radius 1 is 0.950 bits per heavy atom. The third-order valence-electron chi connectivity index (χ3n) is 8.10. The molecule has 2 aliphatic heterocycles. The molecule has 40 heavy (non-hydrogen) atoms. The highest BCUT2D eigenvalue weighted by Gasteiger charge is 2.39. The summed E-state index contributed by atoms with van der Waals surface area (Å²) in [4.78, 5) is 50.6. The Hall–Kier alpha value is -2.94. The summed E-state index contributed by atoms with van der Waals surface area (Å²) in [7, 11) is 1.84. The molecule has 0 radical (unpaired) electrons. The second-order valence-electron chi connectivity index (χ2n) is 10.5. The summed E-state index contributed by atoms with van der Waals surface area (Å²) >= 11 is 14.1. The van der Waals surface area contributed by atoms with Crippen LogP contribution in [0.3, 0.4) is 0 Å². The van der Waals surface area contributed by atoms with E-state index in [1.807, 2.05) is 59.3 Å². The maximum Gasteiger partial charge on any atom is 0.263 e. The number of benzene rings is 1. The van der Waals surface area contributed by atoms with Gasteiger partial charge < -0.3 is 14.7 Å². The molecule has 2 aliphatic rings. The first-order valence-electron chi connectivity index (χ1n) is 13.5. The maximum absolute atomic E-state index is 13.7. The largest absolute Gasteiger partial charge is 0.343 e. The topological polar surface area (TPSA) is 73.8 Å². The lowest BCUT2D eigenvalue weighted by atomic mass is 9.84. The molecule has 0 unspecified atom stereocenters. The van der Waals surface area contributed by atoms with Crippen molar-refractivity contribution in [3.05, 3.63) is 75.2 Å². The van der Waals surface area contributed by atoms with Crippen LogP contribution in [0.4, 0.5) is 0 Å². The summed E-state index contributed by atoms with van der Waals surface area (Å²) in [5.41, 5.74) is 1.78. The summed E-state index contributed by atoms with van der Waals surface area (Å²) in [5, 5.41) is 0.915. The number of halogens is 2. The normalized spacial score (nSPS) is 19.9. The zero-order valence-electron chi connectivity index (χ0n) is 22.6. The number of aromatic nitrogens is 1. The Balaban J connectivity index is 1.35. The molecule has 4 heterocycles. The van der Waals surface area contributed by atoms with E-state index >= 15 is 0 Å². The van der Waals surface area contributed by atoms with Gasteiger partial charge in [0.25, 0.3) is 5.91 Å². The van der Waals surface area contributed by atoms with Crippen molar-refractivity contribution < 1.29 is 14.4 Å². The molecule has 2 fully saturated rings. The second-order valence-corrected chi connectivity index (χ2v) is 12.4. The van der Waals surface area contributed by atoms with Gasteiger partial charge in [-0.2, -0.15) is 0 Å². The van der Waals surface area contributed by atoms with E-state index in [0.717, 1.165) is 16.1 Å². The second kappa shape index (κ2) is 12.3. The van der Waals surface area contributed by atoms with Gasteiger partial charge in [-0.25, -0.2) is 0 Å².